The van der Waals surface area contributed by atoms with E-state index in [0.29, 0.717) is 16.4 Å². The van der Waals surface area contributed by atoms with E-state index in [0.717, 1.165) is 6.42 Å². The molecule has 0 spiro atoms. The van der Waals surface area contributed by atoms with Crippen molar-refractivity contribution in [2.75, 3.05) is 17.1 Å². The molecule has 0 aliphatic carbocycles. The number of benzene rings is 2. The van der Waals surface area contributed by atoms with Gasteiger partial charge < -0.3 is 10.1 Å². The van der Waals surface area contributed by atoms with Crippen LogP contribution in [0.25, 0.3) is 0 Å². The molecule has 2 rings (SSSR count). The molecule has 0 amide bonds. The first-order chi connectivity index (χ1) is 12.3. The van der Waals surface area contributed by atoms with Gasteiger partial charge in [-0.15, -0.1) is 0 Å². The zero-order valence-corrected chi connectivity index (χ0v) is 16.3. The minimum absolute atomic E-state index is 0.0318. The van der Waals surface area contributed by atoms with E-state index >= 15 is 0 Å². The van der Waals surface area contributed by atoms with Gasteiger partial charge in [-0.25, -0.2) is 13.2 Å². The zero-order chi connectivity index (χ0) is 19.3. The summed E-state index contributed by atoms with van der Waals surface area (Å²) in [6.07, 6.45) is 0.808. The van der Waals surface area contributed by atoms with E-state index in [9.17, 15) is 13.2 Å². The molecule has 0 saturated heterocycles. The number of carbonyl (C=O) groups excluding carboxylic acids is 1. The number of nitrogens with one attached hydrogen (secondary N) is 2. The van der Waals surface area contributed by atoms with Crippen LogP contribution in [-0.4, -0.2) is 27.5 Å². The number of ether oxygens (including phenoxy) is 1. The fourth-order valence-corrected chi connectivity index (χ4v) is 3.59. The van der Waals surface area contributed by atoms with Crippen LogP contribution in [0.4, 0.5) is 11.4 Å². The van der Waals surface area contributed by atoms with Gasteiger partial charge in [-0.1, -0.05) is 18.5 Å². The van der Waals surface area contributed by atoms with Crippen LogP contribution in [0.2, 0.25) is 5.02 Å². The summed E-state index contributed by atoms with van der Waals surface area (Å²) < 4.78 is 33.0. The Labute approximate surface area is 158 Å². The summed E-state index contributed by atoms with van der Waals surface area (Å²) >= 11 is 5.83. The van der Waals surface area contributed by atoms with Crippen LogP contribution in [0.1, 0.15) is 30.6 Å². The van der Waals surface area contributed by atoms with Crippen LogP contribution in [0.15, 0.2) is 47.4 Å². The van der Waals surface area contributed by atoms with Gasteiger partial charge in [0.1, 0.15) is 4.90 Å². The minimum Gasteiger partial charge on any atom is -0.465 e. The Kier molecular flexibility index (Phi) is 6.50. The Morgan fingerprint density at radius 2 is 1.85 bits per heavy atom. The molecule has 6 nitrogen and oxygen atoms in total. The normalized spacial score (nSPS) is 12.3. The highest BCUT2D eigenvalue weighted by Gasteiger charge is 2.22. The van der Waals surface area contributed by atoms with Crippen molar-refractivity contribution in [2.45, 2.75) is 31.2 Å². The summed E-state index contributed by atoms with van der Waals surface area (Å²) in [5.41, 5.74) is 0.930. The number of anilines is 2. The second-order valence-corrected chi connectivity index (χ2v) is 7.86. The van der Waals surface area contributed by atoms with Gasteiger partial charge in [0.2, 0.25) is 0 Å². The monoisotopic (exact) mass is 396 g/mol. The van der Waals surface area contributed by atoms with Crippen LogP contribution in [0, 0.1) is 0 Å². The Balaban J connectivity index is 2.47. The van der Waals surface area contributed by atoms with Gasteiger partial charge in [0.05, 0.1) is 18.4 Å². The van der Waals surface area contributed by atoms with Crippen molar-refractivity contribution in [1.82, 2.24) is 0 Å². The molecule has 26 heavy (non-hydrogen) atoms. The average Bonchev–Trinajstić information content (AvgIpc) is 2.62. The quantitative estimate of drug-likeness (QED) is 0.687. The van der Waals surface area contributed by atoms with Gasteiger partial charge in [-0.05, 0) is 55.8 Å². The number of hydrogen-bond donors (Lipinski definition) is 2. The van der Waals surface area contributed by atoms with E-state index in [1.165, 1.54) is 19.2 Å². The zero-order valence-electron chi connectivity index (χ0n) is 14.7. The summed E-state index contributed by atoms with van der Waals surface area (Å²) in [7, 11) is -2.69. The maximum Gasteiger partial charge on any atom is 0.337 e. The molecule has 0 radical (unpaired) electrons. The van der Waals surface area contributed by atoms with Crippen molar-refractivity contribution >= 4 is 39.0 Å². The van der Waals surface area contributed by atoms with Crippen LogP contribution in [0.3, 0.4) is 0 Å². The van der Waals surface area contributed by atoms with Gasteiger partial charge in [0.25, 0.3) is 10.0 Å². The van der Waals surface area contributed by atoms with Crippen molar-refractivity contribution in [3.05, 3.63) is 53.1 Å². The highest BCUT2D eigenvalue weighted by Crippen LogP contribution is 2.27. The SMILES string of the molecule is CCC(C)Nc1ccc(C(=O)OC)cc1S(=O)(=O)Nc1ccc(Cl)cc1. The van der Waals surface area contributed by atoms with Crippen LogP contribution in [0.5, 0.6) is 0 Å². The Hall–Kier alpha value is -2.25. The van der Waals surface area contributed by atoms with E-state index in [-0.39, 0.29) is 16.5 Å². The Morgan fingerprint density at radius 3 is 2.42 bits per heavy atom. The van der Waals surface area contributed by atoms with E-state index in [2.05, 4.69) is 14.8 Å². The third-order valence-electron chi connectivity index (χ3n) is 3.80. The molecule has 2 N–H and O–H groups in total. The molecule has 0 bridgehead atoms. The smallest absolute Gasteiger partial charge is 0.337 e. The van der Waals surface area contributed by atoms with Crippen LogP contribution >= 0.6 is 11.6 Å². The van der Waals surface area contributed by atoms with Gasteiger partial charge in [-0.2, -0.15) is 0 Å². The van der Waals surface area contributed by atoms with E-state index in [1.54, 1.807) is 30.3 Å². The van der Waals surface area contributed by atoms with Gasteiger partial charge in [-0.3, -0.25) is 4.72 Å². The van der Waals surface area contributed by atoms with E-state index < -0.39 is 16.0 Å². The van der Waals surface area contributed by atoms with E-state index in [1.807, 2.05) is 13.8 Å². The molecule has 0 aliphatic rings. The summed E-state index contributed by atoms with van der Waals surface area (Å²) in [6.45, 7) is 3.93. The second kappa shape index (κ2) is 8.42. The summed E-state index contributed by atoms with van der Waals surface area (Å²) in [6, 6.07) is 10.7. The lowest BCUT2D eigenvalue weighted by molar-refractivity contribution is 0.0600. The second-order valence-electron chi connectivity index (χ2n) is 5.77. The lowest BCUT2D eigenvalue weighted by Crippen LogP contribution is -2.20. The number of hydrogen-bond acceptors (Lipinski definition) is 5. The summed E-state index contributed by atoms with van der Waals surface area (Å²) in [4.78, 5) is 11.8. The topological polar surface area (TPSA) is 84.5 Å². The average molecular weight is 397 g/mol. The molecule has 0 aromatic heterocycles. The fraction of sp³-hybridized carbons (Fsp3) is 0.278. The first-order valence-corrected chi connectivity index (χ1v) is 9.90. The Morgan fingerprint density at radius 1 is 1.19 bits per heavy atom. The van der Waals surface area contributed by atoms with Crippen molar-refractivity contribution in [1.29, 1.82) is 0 Å². The predicted octanol–water partition coefficient (Wildman–Crippen LogP) is 4.14. The van der Waals surface area contributed by atoms with Gasteiger partial charge >= 0.3 is 5.97 Å². The lowest BCUT2D eigenvalue weighted by atomic mass is 10.2. The highest BCUT2D eigenvalue weighted by molar-refractivity contribution is 7.92. The van der Waals surface area contributed by atoms with Crippen molar-refractivity contribution in [3.63, 3.8) is 0 Å². The Bertz CT molecular complexity index is 883. The number of carbonyl (C=O) groups is 1. The third kappa shape index (κ3) is 4.89. The molecule has 8 heteroatoms. The largest absolute Gasteiger partial charge is 0.465 e. The number of halogens is 1. The molecule has 2 aromatic carbocycles. The molecular weight excluding hydrogens is 376 g/mol. The molecule has 0 fully saturated rings. The maximum absolute atomic E-state index is 12.9. The van der Waals surface area contributed by atoms with Crippen LogP contribution < -0.4 is 10.0 Å². The molecule has 140 valence electrons. The van der Waals surface area contributed by atoms with Crippen molar-refractivity contribution in [2.24, 2.45) is 0 Å². The van der Waals surface area contributed by atoms with Crippen molar-refractivity contribution < 1.29 is 17.9 Å². The van der Waals surface area contributed by atoms with E-state index in [4.69, 9.17) is 11.6 Å². The van der Waals surface area contributed by atoms with Crippen LogP contribution in [-0.2, 0) is 14.8 Å². The maximum atomic E-state index is 12.9. The standard InChI is InChI=1S/C18H21ClN2O4S/c1-4-12(2)20-16-10-5-13(18(22)25-3)11-17(16)26(23,24)21-15-8-6-14(19)7-9-15/h5-12,20-21H,4H2,1-3H3. The highest BCUT2D eigenvalue weighted by atomic mass is 35.5. The molecule has 0 aliphatic heterocycles. The molecule has 1 atom stereocenters. The van der Waals surface area contributed by atoms with Gasteiger partial charge in [0, 0.05) is 16.8 Å². The first-order valence-electron chi connectivity index (χ1n) is 8.04. The minimum atomic E-state index is -3.94. The van der Waals surface area contributed by atoms with Crippen molar-refractivity contribution in [3.8, 4) is 0 Å². The molecule has 1 unspecified atom stereocenters. The molecule has 0 saturated carbocycles. The summed E-state index contributed by atoms with van der Waals surface area (Å²) in [5, 5.41) is 3.65. The molecular formula is C18H21ClN2O4S. The lowest BCUT2D eigenvalue weighted by Gasteiger charge is -2.18. The first kappa shape index (κ1) is 20.1. The number of methoxy groups -OCH3 is 1. The third-order valence-corrected chi connectivity index (χ3v) is 5.48. The number of esters is 1. The number of sulfonamides is 1. The molecule has 2 aromatic rings. The predicted molar refractivity (Wildman–Crippen MR) is 103 cm³/mol. The molecule has 0 heterocycles. The fourth-order valence-electron chi connectivity index (χ4n) is 2.20. The summed E-state index contributed by atoms with van der Waals surface area (Å²) in [5.74, 6) is -0.608. The van der Waals surface area contributed by atoms with Gasteiger partial charge in [0.15, 0.2) is 0 Å². The number of rotatable bonds is 7.